The molecule has 0 saturated carbocycles. The second-order valence-electron chi connectivity index (χ2n) is 13.3. The van der Waals surface area contributed by atoms with Crippen molar-refractivity contribution in [2.75, 3.05) is 37.8 Å². The quantitative estimate of drug-likeness (QED) is 0.0471. The van der Waals surface area contributed by atoms with E-state index in [4.69, 9.17) is 29.3 Å². The second-order valence-corrected chi connectivity index (χ2v) is 20.7. The average Bonchev–Trinajstić information content (AvgIpc) is 3.66. The molecule has 12 N–H and O–H groups in total. The van der Waals surface area contributed by atoms with Gasteiger partial charge in [-0.25, -0.2) is 28.6 Å². The molecule has 3 unspecified atom stereocenters. The molecule has 3 rings (SSSR count). The first-order valence-corrected chi connectivity index (χ1v) is 23.9. The number of fused-ring (bicyclic) bond motifs is 1. The van der Waals surface area contributed by atoms with Crippen LogP contribution < -0.4 is 16.4 Å². The number of carbonyl (C=O) groups is 3. The molecular weight excluding hydrogens is 886 g/mol. The number of rotatable bonds is 23. The highest BCUT2D eigenvalue weighted by Gasteiger charge is 2.50. The average molecular weight is 932 g/mol. The van der Waals surface area contributed by atoms with Crippen LogP contribution in [-0.4, -0.2) is 138 Å². The molecule has 2 aromatic heterocycles. The van der Waals surface area contributed by atoms with Crippen LogP contribution in [0.4, 0.5) is 5.82 Å². The van der Waals surface area contributed by atoms with Crippen LogP contribution >= 0.6 is 42.8 Å². The molecule has 1 fully saturated rings. The van der Waals surface area contributed by atoms with E-state index in [0.717, 1.165) is 29.0 Å². The van der Waals surface area contributed by atoms with Crippen molar-refractivity contribution in [2.24, 2.45) is 5.41 Å². The zero-order valence-electron chi connectivity index (χ0n) is 30.8. The third kappa shape index (κ3) is 15.3. The summed E-state index contributed by atoms with van der Waals surface area (Å²) in [6, 6.07) is 0. The Morgan fingerprint density at radius 3 is 2.29 bits per heavy atom. The molecule has 1 saturated heterocycles. The molecule has 330 valence electrons. The van der Waals surface area contributed by atoms with Crippen molar-refractivity contribution >= 4 is 76.7 Å². The summed E-state index contributed by atoms with van der Waals surface area (Å²) in [4.78, 5) is 106. The van der Waals surface area contributed by atoms with Crippen molar-refractivity contribution in [3.05, 3.63) is 12.7 Å². The lowest BCUT2D eigenvalue weighted by Gasteiger charge is -2.30. The van der Waals surface area contributed by atoms with Crippen molar-refractivity contribution in [1.82, 2.24) is 30.2 Å². The Bertz CT molecular complexity index is 1960. The number of nitrogens with zero attached hydrogens (tertiary/aromatic N) is 4. The number of carbonyl (C=O) groups excluding carboxylic acids is 3. The summed E-state index contributed by atoms with van der Waals surface area (Å²) >= 11 is 0.870. The number of amides is 2. The number of imidazole rings is 1. The van der Waals surface area contributed by atoms with Crippen LogP contribution in [-0.2, 0) is 55.3 Å². The van der Waals surface area contributed by atoms with E-state index in [1.807, 2.05) is 0 Å². The van der Waals surface area contributed by atoms with Crippen LogP contribution in [0.3, 0.4) is 0 Å². The fraction of sp³-hybridized carbons (Fsp3) is 0.692. The summed E-state index contributed by atoms with van der Waals surface area (Å²) in [5, 5.41) is 25.9. The monoisotopic (exact) mass is 931 g/mol. The highest BCUT2D eigenvalue weighted by atomic mass is 32.2. The molecule has 32 heteroatoms. The fourth-order valence-corrected chi connectivity index (χ4v) is 8.85. The fourth-order valence-electron chi connectivity index (χ4n) is 4.86. The van der Waals surface area contributed by atoms with Crippen LogP contribution in [0.1, 0.15) is 46.3 Å². The molecule has 0 aliphatic carbocycles. The summed E-state index contributed by atoms with van der Waals surface area (Å²) in [6.07, 6.45) is -7.20. The van der Waals surface area contributed by atoms with Gasteiger partial charge in [0.1, 0.15) is 36.3 Å². The summed E-state index contributed by atoms with van der Waals surface area (Å²) < 4.78 is 73.1. The number of aliphatic hydroxyl groups excluding tert-OH is 2. The smallest absolute Gasteiger partial charge is 0.386 e. The number of nitrogens with one attached hydrogen (secondary N) is 2. The molecule has 0 radical (unpaired) electrons. The van der Waals surface area contributed by atoms with Crippen LogP contribution in [0.15, 0.2) is 12.7 Å². The van der Waals surface area contributed by atoms with Gasteiger partial charge in [0.2, 0.25) is 11.8 Å². The van der Waals surface area contributed by atoms with Crippen LogP contribution in [0, 0.1) is 5.41 Å². The van der Waals surface area contributed by atoms with E-state index in [9.17, 15) is 62.4 Å². The minimum Gasteiger partial charge on any atom is -0.386 e. The molecular formula is C26H45N7O20P4S. The number of nitrogens with two attached hydrogens (primary N) is 1. The number of nitrogen functional groups attached to an aromatic ring is 1. The number of ether oxygens (including phenoxy) is 1. The predicted molar refractivity (Wildman–Crippen MR) is 198 cm³/mol. The first-order chi connectivity index (χ1) is 26.6. The van der Waals surface area contributed by atoms with E-state index >= 15 is 0 Å². The summed E-state index contributed by atoms with van der Waals surface area (Å²) in [6.45, 7) is 1.50. The number of phosphoric ester groups is 3. The molecule has 2 aromatic rings. The molecule has 2 amide bonds. The highest BCUT2D eigenvalue weighted by Crippen LogP contribution is 2.61. The maximum atomic E-state index is 12.7. The van der Waals surface area contributed by atoms with Gasteiger partial charge >= 0.3 is 31.1 Å². The third-order valence-electron chi connectivity index (χ3n) is 8.11. The molecule has 27 nitrogen and oxygen atoms in total. The number of aromatic nitrogens is 4. The molecule has 58 heavy (non-hydrogen) atoms. The van der Waals surface area contributed by atoms with Crippen molar-refractivity contribution < 1.29 is 94.8 Å². The zero-order chi connectivity index (χ0) is 43.9. The van der Waals surface area contributed by atoms with E-state index in [-0.39, 0.29) is 60.2 Å². The number of hydrogen-bond acceptors (Lipinski definition) is 19. The Morgan fingerprint density at radius 2 is 1.66 bits per heavy atom. The van der Waals surface area contributed by atoms with E-state index in [2.05, 4.69) is 34.4 Å². The van der Waals surface area contributed by atoms with Crippen LogP contribution in [0.25, 0.3) is 11.2 Å². The summed E-state index contributed by atoms with van der Waals surface area (Å²) in [5.41, 5.74) is 3.22. The van der Waals surface area contributed by atoms with Gasteiger partial charge in [0.05, 0.1) is 25.2 Å². The minimum absolute atomic E-state index is 0.0000850. The lowest BCUT2D eigenvalue weighted by Crippen LogP contribution is -2.46. The van der Waals surface area contributed by atoms with Gasteiger partial charge < -0.3 is 60.7 Å². The van der Waals surface area contributed by atoms with Gasteiger partial charge in [-0.05, 0) is 6.42 Å². The van der Waals surface area contributed by atoms with Crippen molar-refractivity contribution in [1.29, 1.82) is 0 Å². The third-order valence-corrected chi connectivity index (χ3v) is 13.5. The molecule has 1 aliphatic rings. The molecule has 0 aromatic carbocycles. The number of hydrogen-bond donors (Lipinski definition) is 11. The summed E-state index contributed by atoms with van der Waals surface area (Å²) in [5.74, 6) is -1.43. The number of phosphoric acid groups is 3. The van der Waals surface area contributed by atoms with E-state index < -0.39 is 97.8 Å². The molecule has 1 aliphatic heterocycles. The molecule has 0 bridgehead atoms. The Morgan fingerprint density at radius 1 is 1.00 bits per heavy atom. The first-order valence-electron chi connectivity index (χ1n) is 16.7. The van der Waals surface area contributed by atoms with Gasteiger partial charge in [-0.2, -0.15) is 4.31 Å². The predicted octanol–water partition coefficient (Wildman–Crippen LogP) is -0.989. The highest BCUT2D eigenvalue weighted by molar-refractivity contribution is 8.13. The largest absolute Gasteiger partial charge is 0.481 e. The Labute approximate surface area is 333 Å². The zero-order valence-corrected chi connectivity index (χ0v) is 35.2. The van der Waals surface area contributed by atoms with Crippen molar-refractivity contribution in [3.63, 3.8) is 0 Å². The lowest BCUT2D eigenvalue weighted by atomic mass is 9.87. The standard InChI is InChI=1S/C26H45N7O20P4S/c1-14(54(39,40)41)4-5-17(35)58-9-8-28-16(34)6-7-29-24(38)21(37)26(2,3)11-50-57(47,48)53-56(45,46)49-10-15-20(52-55(42,43)44)19(36)25(51-15)33-13-32-18-22(27)30-12-31-23(18)33/h12-15,19-21,25,36-37H,4-11H2,1-3H3,(H,28,34)(H,29,38)(H,45,46)(H,47,48)(H2,27,30,31)(H2,39,40,41)(H2,42,43,44)/t14?,15-,19-,20-,21+,25-/m1/s1. The minimum atomic E-state index is -5.60. The van der Waals surface area contributed by atoms with E-state index in [1.165, 1.54) is 20.8 Å². The topological polar surface area (TPSA) is 421 Å². The van der Waals surface area contributed by atoms with Gasteiger partial charge in [0.25, 0.3) is 0 Å². The van der Waals surface area contributed by atoms with Crippen molar-refractivity contribution in [3.8, 4) is 0 Å². The number of aliphatic hydroxyl groups is 2. The van der Waals surface area contributed by atoms with Crippen LogP contribution in [0.2, 0.25) is 0 Å². The maximum Gasteiger partial charge on any atom is 0.481 e. The number of thioether (sulfide) groups is 1. The van der Waals surface area contributed by atoms with Gasteiger partial charge in [0.15, 0.2) is 22.8 Å². The van der Waals surface area contributed by atoms with Gasteiger partial charge in [-0.3, -0.25) is 37.1 Å². The van der Waals surface area contributed by atoms with E-state index in [0.29, 0.717) is 0 Å². The molecule has 8 atom stereocenters. The molecule has 3 heterocycles. The van der Waals surface area contributed by atoms with Gasteiger partial charge in [-0.15, -0.1) is 0 Å². The normalized spacial score (nSPS) is 22.2. The number of anilines is 1. The SMILES string of the molecule is CC(CCC(=O)SCCNC(=O)CCNC(=O)[C@H](O)C(C)(C)COP(=O)(O)OP(=O)(O)OC[C@H]1O[C@@H](n2cnc3c(N)ncnc32)[C@H](O)[C@@H]1OP(=O)(O)O)P(=O)(O)O. The van der Waals surface area contributed by atoms with Gasteiger partial charge in [-0.1, -0.05) is 32.5 Å². The van der Waals surface area contributed by atoms with Gasteiger partial charge in [0, 0.05) is 37.1 Å². The Balaban J connectivity index is 1.46. The lowest BCUT2D eigenvalue weighted by molar-refractivity contribution is -0.137. The molecule has 0 spiro atoms. The Kier molecular flexibility index (Phi) is 17.7. The second kappa shape index (κ2) is 20.5. The van der Waals surface area contributed by atoms with Crippen LogP contribution in [0.5, 0.6) is 0 Å². The summed E-state index contributed by atoms with van der Waals surface area (Å²) in [7, 11) is -20.8. The van der Waals surface area contributed by atoms with Crippen molar-refractivity contribution in [2.45, 2.75) is 76.3 Å². The first kappa shape index (κ1) is 50.1. The Hall–Kier alpha value is -2.29. The maximum absolute atomic E-state index is 12.7. The van der Waals surface area contributed by atoms with E-state index in [1.54, 1.807) is 0 Å².